The standard InChI is InChI=1S/C15H27N3O2.ClH/c1-11(19)18-8-6-12(7-9-18)2-5-15(20)17-10-14(16)13-3-4-13;/h12-14H,2-10,16H2,1H3,(H,17,20);1H. The van der Waals surface area contributed by atoms with Gasteiger partial charge in [0.05, 0.1) is 0 Å². The number of carbonyl (C=O) groups excluding carboxylic acids is 2. The Morgan fingerprint density at radius 2 is 1.86 bits per heavy atom. The normalized spacial score (nSPS) is 20.6. The first-order chi connectivity index (χ1) is 9.56. The molecule has 122 valence electrons. The summed E-state index contributed by atoms with van der Waals surface area (Å²) in [6.45, 7) is 3.92. The fourth-order valence-corrected chi connectivity index (χ4v) is 2.88. The summed E-state index contributed by atoms with van der Waals surface area (Å²) in [5, 5.41) is 2.94. The highest BCUT2D eigenvalue weighted by atomic mass is 35.5. The molecule has 2 rings (SSSR count). The summed E-state index contributed by atoms with van der Waals surface area (Å²) in [7, 11) is 0. The zero-order valence-corrected chi connectivity index (χ0v) is 13.7. The van der Waals surface area contributed by atoms with Gasteiger partial charge in [0.15, 0.2) is 0 Å². The van der Waals surface area contributed by atoms with Crippen LogP contribution in [-0.2, 0) is 9.59 Å². The fraction of sp³-hybridized carbons (Fsp3) is 0.867. The Labute approximate surface area is 133 Å². The molecule has 2 amide bonds. The molecule has 2 fully saturated rings. The Bertz CT molecular complexity index is 353. The summed E-state index contributed by atoms with van der Waals surface area (Å²) in [4.78, 5) is 24.9. The van der Waals surface area contributed by atoms with Crippen molar-refractivity contribution in [1.82, 2.24) is 10.2 Å². The number of nitrogens with one attached hydrogen (secondary N) is 1. The van der Waals surface area contributed by atoms with Gasteiger partial charge in [-0.25, -0.2) is 0 Å². The van der Waals surface area contributed by atoms with Crippen LogP contribution in [0.2, 0.25) is 0 Å². The predicted molar refractivity (Wildman–Crippen MR) is 85.2 cm³/mol. The molecule has 0 bridgehead atoms. The van der Waals surface area contributed by atoms with Crippen LogP contribution < -0.4 is 11.1 Å². The second-order valence-corrected chi connectivity index (χ2v) is 6.29. The van der Waals surface area contributed by atoms with E-state index >= 15 is 0 Å². The molecule has 1 saturated heterocycles. The van der Waals surface area contributed by atoms with Crippen molar-refractivity contribution in [1.29, 1.82) is 0 Å². The molecule has 21 heavy (non-hydrogen) atoms. The maximum atomic E-state index is 11.8. The lowest BCUT2D eigenvalue weighted by Crippen LogP contribution is -2.39. The minimum Gasteiger partial charge on any atom is -0.355 e. The maximum absolute atomic E-state index is 11.8. The molecule has 3 N–H and O–H groups in total. The zero-order chi connectivity index (χ0) is 14.5. The van der Waals surface area contributed by atoms with Gasteiger partial charge in [-0.3, -0.25) is 9.59 Å². The number of hydrogen-bond acceptors (Lipinski definition) is 3. The molecule has 1 heterocycles. The van der Waals surface area contributed by atoms with Gasteiger partial charge in [-0.1, -0.05) is 0 Å². The molecule has 5 nitrogen and oxygen atoms in total. The van der Waals surface area contributed by atoms with Gasteiger partial charge in [-0.15, -0.1) is 12.4 Å². The monoisotopic (exact) mass is 317 g/mol. The van der Waals surface area contributed by atoms with E-state index in [2.05, 4.69) is 5.32 Å². The molecular weight excluding hydrogens is 290 g/mol. The molecule has 0 aromatic carbocycles. The average molecular weight is 318 g/mol. The summed E-state index contributed by atoms with van der Waals surface area (Å²) in [5.41, 5.74) is 5.96. The first kappa shape index (κ1) is 18.2. The molecule has 1 saturated carbocycles. The lowest BCUT2D eigenvalue weighted by atomic mass is 9.92. The van der Waals surface area contributed by atoms with Crippen molar-refractivity contribution in [2.24, 2.45) is 17.6 Å². The molecule has 2 aliphatic rings. The topological polar surface area (TPSA) is 75.4 Å². The number of halogens is 1. The Hall–Kier alpha value is -0.810. The van der Waals surface area contributed by atoms with Gasteiger partial charge in [0.25, 0.3) is 0 Å². The number of nitrogens with zero attached hydrogens (tertiary/aromatic N) is 1. The van der Waals surface area contributed by atoms with Crippen LogP contribution in [0.5, 0.6) is 0 Å². The molecule has 0 aromatic heterocycles. The number of rotatable bonds is 6. The van der Waals surface area contributed by atoms with E-state index in [9.17, 15) is 9.59 Å². The first-order valence-corrected chi connectivity index (χ1v) is 7.84. The third kappa shape index (κ3) is 6.22. The van der Waals surface area contributed by atoms with Crippen molar-refractivity contribution in [3.05, 3.63) is 0 Å². The molecule has 0 aromatic rings. The number of nitrogens with two attached hydrogens (primary N) is 1. The number of piperidine rings is 1. The first-order valence-electron chi connectivity index (χ1n) is 7.84. The second-order valence-electron chi connectivity index (χ2n) is 6.29. The smallest absolute Gasteiger partial charge is 0.220 e. The SMILES string of the molecule is CC(=O)N1CCC(CCC(=O)NCC(N)C2CC2)CC1.Cl. The highest BCUT2D eigenvalue weighted by Gasteiger charge is 2.28. The summed E-state index contributed by atoms with van der Waals surface area (Å²) < 4.78 is 0. The van der Waals surface area contributed by atoms with Gasteiger partial charge in [-0.2, -0.15) is 0 Å². The van der Waals surface area contributed by atoms with Gasteiger partial charge >= 0.3 is 0 Å². The second kappa shape index (κ2) is 8.59. The van der Waals surface area contributed by atoms with Crippen LogP contribution in [-0.4, -0.2) is 42.4 Å². The van der Waals surface area contributed by atoms with E-state index < -0.39 is 0 Å². The van der Waals surface area contributed by atoms with Gasteiger partial charge in [-0.05, 0) is 43.9 Å². The Morgan fingerprint density at radius 3 is 2.38 bits per heavy atom. The lowest BCUT2D eigenvalue weighted by Gasteiger charge is -2.31. The van der Waals surface area contributed by atoms with Crippen LogP contribution in [0.15, 0.2) is 0 Å². The third-order valence-electron chi connectivity index (χ3n) is 4.60. The quantitative estimate of drug-likeness (QED) is 0.775. The van der Waals surface area contributed by atoms with Crippen LogP contribution in [0.1, 0.15) is 45.4 Å². The van der Waals surface area contributed by atoms with E-state index in [0.29, 0.717) is 24.8 Å². The summed E-state index contributed by atoms with van der Waals surface area (Å²) in [5.74, 6) is 1.49. The molecule has 1 aliphatic carbocycles. The predicted octanol–water partition coefficient (Wildman–Crippen LogP) is 1.30. The third-order valence-corrected chi connectivity index (χ3v) is 4.60. The molecule has 6 heteroatoms. The Balaban J connectivity index is 0.00000220. The van der Waals surface area contributed by atoms with Gasteiger partial charge in [0.2, 0.25) is 11.8 Å². The van der Waals surface area contributed by atoms with E-state index in [-0.39, 0.29) is 30.3 Å². The van der Waals surface area contributed by atoms with Crippen molar-refractivity contribution >= 4 is 24.2 Å². The zero-order valence-electron chi connectivity index (χ0n) is 12.8. The van der Waals surface area contributed by atoms with Gasteiger partial charge in [0, 0.05) is 39.0 Å². The van der Waals surface area contributed by atoms with Gasteiger partial charge < -0.3 is 16.0 Å². The van der Waals surface area contributed by atoms with E-state index in [0.717, 1.165) is 32.4 Å². The van der Waals surface area contributed by atoms with Crippen molar-refractivity contribution in [2.75, 3.05) is 19.6 Å². The van der Waals surface area contributed by atoms with Crippen LogP contribution >= 0.6 is 12.4 Å². The number of carbonyl (C=O) groups is 2. The lowest BCUT2D eigenvalue weighted by molar-refractivity contribution is -0.130. The van der Waals surface area contributed by atoms with Crippen LogP contribution in [0, 0.1) is 11.8 Å². The highest BCUT2D eigenvalue weighted by molar-refractivity contribution is 5.85. The van der Waals surface area contributed by atoms with Crippen molar-refractivity contribution in [3.8, 4) is 0 Å². The van der Waals surface area contributed by atoms with E-state index in [1.165, 1.54) is 12.8 Å². The summed E-state index contributed by atoms with van der Waals surface area (Å²) in [6, 6.07) is 0.137. The molecule has 0 spiro atoms. The minimum absolute atomic E-state index is 0. The number of likely N-dealkylation sites (tertiary alicyclic amines) is 1. The van der Waals surface area contributed by atoms with E-state index in [1.807, 2.05) is 4.90 Å². The fourth-order valence-electron chi connectivity index (χ4n) is 2.88. The molecule has 0 radical (unpaired) electrons. The molecular formula is C15H28ClN3O2. The molecule has 1 aliphatic heterocycles. The molecule has 1 atom stereocenters. The van der Waals surface area contributed by atoms with Gasteiger partial charge in [0.1, 0.15) is 0 Å². The summed E-state index contributed by atoms with van der Waals surface area (Å²) in [6.07, 6.45) is 5.98. The summed E-state index contributed by atoms with van der Waals surface area (Å²) >= 11 is 0. The van der Waals surface area contributed by atoms with Crippen LogP contribution in [0.25, 0.3) is 0 Å². The van der Waals surface area contributed by atoms with Crippen LogP contribution in [0.3, 0.4) is 0 Å². The maximum Gasteiger partial charge on any atom is 0.220 e. The largest absolute Gasteiger partial charge is 0.355 e. The number of amides is 2. The van der Waals surface area contributed by atoms with E-state index in [4.69, 9.17) is 5.73 Å². The van der Waals surface area contributed by atoms with Crippen molar-refractivity contribution in [2.45, 2.75) is 51.5 Å². The Kier molecular flexibility index (Phi) is 7.46. The molecule has 1 unspecified atom stereocenters. The average Bonchev–Trinajstić information content (AvgIpc) is 3.27. The van der Waals surface area contributed by atoms with E-state index in [1.54, 1.807) is 6.92 Å². The van der Waals surface area contributed by atoms with Crippen molar-refractivity contribution in [3.63, 3.8) is 0 Å². The van der Waals surface area contributed by atoms with Crippen LogP contribution in [0.4, 0.5) is 0 Å². The highest BCUT2D eigenvalue weighted by Crippen LogP contribution is 2.31. The number of hydrogen-bond donors (Lipinski definition) is 2. The van der Waals surface area contributed by atoms with Crippen molar-refractivity contribution < 1.29 is 9.59 Å². The minimum atomic E-state index is 0. The Morgan fingerprint density at radius 1 is 1.24 bits per heavy atom.